The molecule has 1 fully saturated rings. The molecule has 1 aliphatic carbocycles. The summed E-state index contributed by atoms with van der Waals surface area (Å²) in [6, 6.07) is 1.50. The topological polar surface area (TPSA) is 0 Å². The molecule has 0 bridgehead atoms. The lowest BCUT2D eigenvalue weighted by atomic mass is 9.91. The fraction of sp³-hybridized carbons (Fsp3) is 0.500. The predicted molar refractivity (Wildman–Crippen MR) is 53.5 cm³/mol. The summed E-state index contributed by atoms with van der Waals surface area (Å²) in [5.41, 5.74) is -6.06. The minimum Gasteiger partial charge on any atom is -0.205 e. The second-order valence-corrected chi connectivity index (χ2v) is 4.87. The van der Waals surface area contributed by atoms with Crippen molar-refractivity contribution in [1.29, 1.82) is 0 Å². The highest BCUT2D eigenvalue weighted by molar-refractivity contribution is 5.45. The molecule has 1 unspecified atom stereocenters. The SMILES string of the molecule is Cc1cc(C(F)(F)F)cc(C2(C(F)(F)F)CC2(F)F)c1. The van der Waals surface area contributed by atoms with Crippen LogP contribution < -0.4 is 0 Å². The van der Waals surface area contributed by atoms with Crippen molar-refractivity contribution in [3.63, 3.8) is 0 Å². The summed E-state index contributed by atoms with van der Waals surface area (Å²) in [4.78, 5) is 0. The van der Waals surface area contributed by atoms with E-state index in [2.05, 4.69) is 0 Å². The highest BCUT2D eigenvalue weighted by Crippen LogP contribution is 2.69. The Kier molecular flexibility index (Phi) is 2.90. The van der Waals surface area contributed by atoms with Gasteiger partial charge in [-0.25, -0.2) is 8.78 Å². The van der Waals surface area contributed by atoms with Crippen molar-refractivity contribution >= 4 is 0 Å². The third-order valence-electron chi connectivity index (χ3n) is 3.37. The first-order valence-electron chi connectivity index (χ1n) is 5.45. The summed E-state index contributed by atoms with van der Waals surface area (Å²) >= 11 is 0. The van der Waals surface area contributed by atoms with Crippen molar-refractivity contribution < 1.29 is 35.1 Å². The third-order valence-corrected chi connectivity index (χ3v) is 3.37. The first-order chi connectivity index (χ1) is 8.81. The molecule has 0 heterocycles. The predicted octanol–water partition coefficient (Wildman–Crippen LogP) is 4.85. The van der Waals surface area contributed by atoms with Crippen LogP contribution in [0.5, 0.6) is 0 Å². The minimum absolute atomic E-state index is 0.152. The minimum atomic E-state index is -5.31. The first kappa shape index (κ1) is 15.1. The number of benzene rings is 1. The molecule has 0 N–H and O–H groups in total. The third kappa shape index (κ3) is 2.05. The molecule has 0 aromatic heterocycles. The molecule has 1 aromatic carbocycles. The molecule has 0 nitrogen and oxygen atoms in total. The van der Waals surface area contributed by atoms with Gasteiger partial charge >= 0.3 is 12.4 Å². The summed E-state index contributed by atoms with van der Waals surface area (Å²) in [6.45, 7) is 1.13. The summed E-state index contributed by atoms with van der Waals surface area (Å²) in [7, 11) is 0. The lowest BCUT2D eigenvalue weighted by molar-refractivity contribution is -0.182. The Balaban J connectivity index is 2.62. The van der Waals surface area contributed by atoms with E-state index in [9.17, 15) is 35.1 Å². The number of hydrogen-bond acceptors (Lipinski definition) is 0. The molecule has 0 aliphatic heterocycles. The number of rotatable bonds is 1. The number of hydrogen-bond donors (Lipinski definition) is 0. The zero-order chi connectivity index (χ0) is 15.6. The largest absolute Gasteiger partial charge is 0.416 e. The molecule has 2 rings (SSSR count). The maximum Gasteiger partial charge on any atom is 0.416 e. The van der Waals surface area contributed by atoms with Gasteiger partial charge in [0, 0.05) is 6.42 Å². The lowest BCUT2D eigenvalue weighted by Gasteiger charge is -2.22. The molecular weight excluding hydrogens is 296 g/mol. The number of alkyl halides is 8. The van der Waals surface area contributed by atoms with E-state index >= 15 is 0 Å². The van der Waals surface area contributed by atoms with Gasteiger partial charge in [-0.3, -0.25) is 0 Å². The van der Waals surface area contributed by atoms with Gasteiger partial charge in [-0.15, -0.1) is 0 Å². The van der Waals surface area contributed by atoms with E-state index in [-0.39, 0.29) is 11.6 Å². The molecule has 0 radical (unpaired) electrons. The van der Waals surface area contributed by atoms with Crippen LogP contribution in [0.4, 0.5) is 35.1 Å². The molecule has 1 aliphatic rings. The number of aryl methyl sites for hydroxylation is 1. The fourth-order valence-electron chi connectivity index (χ4n) is 2.27. The molecule has 0 amide bonds. The van der Waals surface area contributed by atoms with Gasteiger partial charge in [0.15, 0.2) is 5.41 Å². The zero-order valence-electron chi connectivity index (χ0n) is 9.96. The molecule has 1 atom stereocenters. The van der Waals surface area contributed by atoms with Gasteiger partial charge in [0.2, 0.25) is 0 Å². The van der Waals surface area contributed by atoms with Gasteiger partial charge in [-0.2, -0.15) is 26.3 Å². The van der Waals surface area contributed by atoms with E-state index in [1.54, 1.807) is 0 Å². The van der Waals surface area contributed by atoms with Gasteiger partial charge < -0.3 is 0 Å². The Morgan fingerprint density at radius 3 is 1.80 bits per heavy atom. The summed E-state index contributed by atoms with van der Waals surface area (Å²) in [5, 5.41) is 0. The Morgan fingerprint density at radius 2 is 1.45 bits per heavy atom. The maximum absolute atomic E-state index is 13.2. The number of halogens is 8. The van der Waals surface area contributed by atoms with Gasteiger partial charge in [0.1, 0.15) is 0 Å². The van der Waals surface area contributed by atoms with Gasteiger partial charge in [-0.05, 0) is 24.6 Å². The van der Waals surface area contributed by atoms with Crippen molar-refractivity contribution in [2.75, 3.05) is 0 Å². The van der Waals surface area contributed by atoms with Crippen molar-refractivity contribution in [3.05, 3.63) is 34.9 Å². The van der Waals surface area contributed by atoms with Gasteiger partial charge in [-0.1, -0.05) is 11.6 Å². The second kappa shape index (κ2) is 3.85. The van der Waals surface area contributed by atoms with E-state index in [1.807, 2.05) is 0 Å². The van der Waals surface area contributed by atoms with Crippen LogP contribution in [-0.2, 0) is 11.6 Å². The average Bonchev–Trinajstić information content (AvgIpc) is 2.80. The Bertz CT molecular complexity index is 539. The standard InChI is InChI=1S/C12H8F8/c1-6-2-7(4-8(3-6)11(15,16)17)9(12(18,19)20)5-10(9,13)14/h2-4H,5H2,1H3. The van der Waals surface area contributed by atoms with E-state index in [4.69, 9.17) is 0 Å². The van der Waals surface area contributed by atoms with Crippen molar-refractivity contribution in [1.82, 2.24) is 0 Å². The summed E-state index contributed by atoms with van der Waals surface area (Å²) in [5.74, 6) is -4.08. The molecule has 112 valence electrons. The van der Waals surface area contributed by atoms with Crippen LogP contribution in [0, 0.1) is 6.92 Å². The van der Waals surface area contributed by atoms with Crippen LogP contribution in [-0.4, -0.2) is 12.1 Å². The first-order valence-corrected chi connectivity index (χ1v) is 5.45. The van der Waals surface area contributed by atoms with E-state index in [0.717, 1.165) is 13.0 Å². The molecular formula is C12H8F8. The highest BCUT2D eigenvalue weighted by atomic mass is 19.4. The summed E-state index contributed by atoms with van der Waals surface area (Å²) in [6.07, 6.45) is -11.7. The highest BCUT2D eigenvalue weighted by Gasteiger charge is 2.84. The zero-order valence-corrected chi connectivity index (χ0v) is 9.96. The van der Waals surface area contributed by atoms with Crippen molar-refractivity contribution in [3.8, 4) is 0 Å². The van der Waals surface area contributed by atoms with Crippen LogP contribution in [0.25, 0.3) is 0 Å². The molecule has 0 spiro atoms. The normalized spacial score (nSPS) is 25.6. The monoisotopic (exact) mass is 304 g/mol. The quantitative estimate of drug-likeness (QED) is 0.650. The van der Waals surface area contributed by atoms with Gasteiger partial charge in [0.25, 0.3) is 5.92 Å². The maximum atomic E-state index is 13.2. The second-order valence-electron chi connectivity index (χ2n) is 4.87. The van der Waals surface area contributed by atoms with Crippen LogP contribution >= 0.6 is 0 Å². The molecule has 1 aromatic rings. The van der Waals surface area contributed by atoms with Gasteiger partial charge in [0.05, 0.1) is 5.56 Å². The Hall–Kier alpha value is -1.34. The van der Waals surface area contributed by atoms with E-state index in [0.29, 0.717) is 6.07 Å². The average molecular weight is 304 g/mol. The molecule has 20 heavy (non-hydrogen) atoms. The van der Waals surface area contributed by atoms with Crippen molar-refractivity contribution in [2.45, 2.75) is 37.0 Å². The summed E-state index contributed by atoms with van der Waals surface area (Å²) < 4.78 is 103. The van der Waals surface area contributed by atoms with Crippen LogP contribution in [0.15, 0.2) is 18.2 Å². The van der Waals surface area contributed by atoms with Crippen LogP contribution in [0.1, 0.15) is 23.1 Å². The van der Waals surface area contributed by atoms with E-state index < -0.39 is 41.2 Å². The van der Waals surface area contributed by atoms with Crippen molar-refractivity contribution in [2.24, 2.45) is 0 Å². The lowest BCUT2D eigenvalue weighted by Crippen LogP contribution is -2.35. The molecule has 8 heteroatoms. The van der Waals surface area contributed by atoms with E-state index in [1.165, 1.54) is 0 Å². The molecule has 0 saturated heterocycles. The molecule has 1 saturated carbocycles. The Morgan fingerprint density at radius 1 is 0.950 bits per heavy atom. The van der Waals surface area contributed by atoms with Crippen LogP contribution in [0.2, 0.25) is 0 Å². The van der Waals surface area contributed by atoms with Crippen LogP contribution in [0.3, 0.4) is 0 Å². The Labute approximate surface area is 108 Å². The fourth-order valence-corrected chi connectivity index (χ4v) is 2.27. The smallest absolute Gasteiger partial charge is 0.205 e.